The normalized spacial score (nSPS) is 20.5. The third kappa shape index (κ3) is 5.43. The Balaban J connectivity index is 1.62. The van der Waals surface area contributed by atoms with Crippen molar-refractivity contribution in [2.45, 2.75) is 65.9 Å². The summed E-state index contributed by atoms with van der Waals surface area (Å²) in [6.45, 7) is 8.80. The second kappa shape index (κ2) is 10.7. The molecule has 0 amide bonds. The lowest BCUT2D eigenvalue weighted by Crippen LogP contribution is -2.43. The molecule has 5 rings (SSSR count). The van der Waals surface area contributed by atoms with Crippen LogP contribution in [0.15, 0.2) is 52.9 Å². The minimum atomic E-state index is -0.435. The van der Waals surface area contributed by atoms with E-state index in [1.807, 2.05) is 25.2 Å². The van der Waals surface area contributed by atoms with Gasteiger partial charge in [-0.15, -0.1) is 0 Å². The van der Waals surface area contributed by atoms with Gasteiger partial charge >= 0.3 is 0 Å². The molecule has 0 saturated carbocycles. The van der Waals surface area contributed by atoms with Gasteiger partial charge in [-0.05, 0) is 76.1 Å². The predicted octanol–water partition coefficient (Wildman–Crippen LogP) is 8.50. The number of nitrogens with zero attached hydrogens (tertiary/aromatic N) is 1. The van der Waals surface area contributed by atoms with Crippen LogP contribution >= 0.6 is 45.8 Å². The lowest BCUT2D eigenvalue weighted by molar-refractivity contribution is -0.119. The monoisotopic (exact) mass is 693 g/mol. The van der Waals surface area contributed by atoms with Crippen molar-refractivity contribution in [2.24, 2.45) is 10.8 Å². The van der Waals surface area contributed by atoms with Crippen LogP contribution in [0.3, 0.4) is 0 Å². The van der Waals surface area contributed by atoms with Crippen molar-refractivity contribution >= 4 is 57.4 Å². The van der Waals surface area contributed by atoms with E-state index in [1.54, 1.807) is 19.2 Å². The summed E-state index contributed by atoms with van der Waals surface area (Å²) < 4.78 is 12.8. The molecule has 0 N–H and O–H groups in total. The number of hydrogen-bond donors (Lipinski definition) is 0. The fourth-order valence-electron chi connectivity index (χ4n) is 6.33. The van der Waals surface area contributed by atoms with Crippen LogP contribution in [0.2, 0.25) is 10.0 Å². The standard InChI is InChI=1S/C32H34Cl2INO4/c1-31(2)12-22-28(24(37)14-31)27(29-23(36(22)5)13-32(3,4)15-25(29)38)18-9-21(35)30(26(10-18)39-6)40-16-17-7-8-19(33)11-20(17)34/h7-11,27H,12-16H2,1-6H3. The second-order valence-electron chi connectivity index (χ2n) is 12.7. The van der Waals surface area contributed by atoms with Crippen molar-refractivity contribution < 1.29 is 19.1 Å². The van der Waals surface area contributed by atoms with E-state index in [0.29, 0.717) is 34.4 Å². The number of hydrogen-bond acceptors (Lipinski definition) is 5. The van der Waals surface area contributed by atoms with Crippen molar-refractivity contribution in [1.29, 1.82) is 0 Å². The van der Waals surface area contributed by atoms with Gasteiger partial charge in [0.05, 0.1) is 10.7 Å². The average Bonchev–Trinajstić information content (AvgIpc) is 2.84. The van der Waals surface area contributed by atoms with Crippen molar-refractivity contribution in [2.75, 3.05) is 14.2 Å². The molecule has 8 heteroatoms. The molecule has 0 spiro atoms. The SMILES string of the molecule is COc1cc(C2C3=C(CC(C)(C)CC3=O)N(C)C3=C2C(=O)CC(C)(C)C3)cc(I)c1OCc1ccc(Cl)cc1Cl. The van der Waals surface area contributed by atoms with Gasteiger partial charge in [0.2, 0.25) is 0 Å². The highest BCUT2D eigenvalue weighted by Crippen LogP contribution is 2.54. The Morgan fingerprint density at radius 1 is 0.925 bits per heavy atom. The lowest BCUT2D eigenvalue weighted by Gasteiger charge is -2.48. The zero-order chi connectivity index (χ0) is 29.1. The van der Waals surface area contributed by atoms with Crippen LogP contribution in [0.1, 0.15) is 70.4 Å². The number of halogens is 3. The lowest BCUT2D eigenvalue weighted by atomic mass is 9.64. The molecule has 0 bridgehead atoms. The van der Waals surface area contributed by atoms with Crippen molar-refractivity contribution in [3.63, 3.8) is 0 Å². The molecule has 212 valence electrons. The number of Topliss-reactive ketones (excluding diaryl/α,β-unsaturated/α-hetero) is 2. The molecule has 3 aliphatic rings. The molecule has 0 aromatic heterocycles. The molecule has 40 heavy (non-hydrogen) atoms. The highest BCUT2D eigenvalue weighted by atomic mass is 127. The van der Waals surface area contributed by atoms with E-state index in [2.05, 4.69) is 55.2 Å². The molecular formula is C32H34Cl2INO4. The van der Waals surface area contributed by atoms with Crippen LogP contribution < -0.4 is 9.47 Å². The summed E-state index contributed by atoms with van der Waals surface area (Å²) in [6.07, 6.45) is 2.47. The van der Waals surface area contributed by atoms with Gasteiger partial charge in [0, 0.05) is 64.0 Å². The number of benzene rings is 2. The number of carbonyl (C=O) groups is 2. The van der Waals surface area contributed by atoms with Crippen molar-refractivity contribution in [1.82, 2.24) is 4.90 Å². The van der Waals surface area contributed by atoms with Crippen LogP contribution in [0.5, 0.6) is 11.5 Å². The summed E-state index contributed by atoms with van der Waals surface area (Å²) in [5, 5.41) is 1.09. The molecule has 0 saturated heterocycles. The smallest absolute Gasteiger partial charge is 0.174 e. The molecule has 2 aliphatic carbocycles. The Kier molecular flexibility index (Phi) is 7.86. The maximum absolute atomic E-state index is 13.8. The zero-order valence-electron chi connectivity index (χ0n) is 23.7. The molecule has 0 atom stereocenters. The highest BCUT2D eigenvalue weighted by molar-refractivity contribution is 14.1. The number of rotatable bonds is 5. The first-order chi connectivity index (χ1) is 18.7. The van der Waals surface area contributed by atoms with Gasteiger partial charge in [-0.3, -0.25) is 9.59 Å². The molecule has 1 heterocycles. The van der Waals surface area contributed by atoms with Gasteiger partial charge in [0.15, 0.2) is 23.1 Å². The van der Waals surface area contributed by atoms with Crippen molar-refractivity contribution in [3.8, 4) is 11.5 Å². The molecule has 2 aromatic rings. The summed E-state index contributed by atoms with van der Waals surface area (Å²) in [5.41, 5.74) is 4.93. The van der Waals surface area contributed by atoms with Crippen LogP contribution in [0.25, 0.3) is 0 Å². The van der Waals surface area contributed by atoms with Crippen LogP contribution in [-0.2, 0) is 16.2 Å². The largest absolute Gasteiger partial charge is 0.493 e. The van der Waals surface area contributed by atoms with E-state index in [-0.39, 0.29) is 29.0 Å². The van der Waals surface area contributed by atoms with Gasteiger partial charge in [0.1, 0.15) is 6.61 Å². The molecule has 5 nitrogen and oxygen atoms in total. The van der Waals surface area contributed by atoms with E-state index in [9.17, 15) is 9.59 Å². The zero-order valence-corrected chi connectivity index (χ0v) is 27.4. The Morgan fingerprint density at radius 2 is 1.50 bits per heavy atom. The Labute approximate surface area is 260 Å². The second-order valence-corrected chi connectivity index (χ2v) is 14.7. The highest BCUT2D eigenvalue weighted by Gasteiger charge is 2.48. The third-order valence-corrected chi connectivity index (χ3v) is 9.54. The number of ether oxygens (including phenoxy) is 2. The van der Waals surface area contributed by atoms with Crippen molar-refractivity contribution in [3.05, 3.63) is 77.6 Å². The Morgan fingerprint density at radius 3 is 2.02 bits per heavy atom. The van der Waals surface area contributed by atoms with E-state index in [0.717, 1.165) is 50.1 Å². The topological polar surface area (TPSA) is 55.8 Å². The molecular weight excluding hydrogens is 660 g/mol. The maximum Gasteiger partial charge on any atom is 0.174 e. The summed E-state index contributed by atoms with van der Waals surface area (Å²) in [6, 6.07) is 9.25. The van der Waals surface area contributed by atoms with E-state index >= 15 is 0 Å². The van der Waals surface area contributed by atoms with E-state index < -0.39 is 5.92 Å². The molecule has 0 unspecified atom stereocenters. The molecule has 1 aliphatic heterocycles. The number of ketones is 2. The first-order valence-corrected chi connectivity index (χ1v) is 15.3. The fourth-order valence-corrected chi connectivity index (χ4v) is 7.58. The first kappa shape index (κ1) is 29.5. The summed E-state index contributed by atoms with van der Waals surface area (Å²) in [4.78, 5) is 29.8. The van der Waals surface area contributed by atoms with Gasteiger partial charge in [-0.1, -0.05) is 57.0 Å². The molecule has 2 aromatic carbocycles. The molecule has 0 fully saturated rings. The van der Waals surface area contributed by atoms with Crippen LogP contribution in [-0.4, -0.2) is 30.6 Å². The van der Waals surface area contributed by atoms with Crippen LogP contribution in [0, 0.1) is 14.4 Å². The summed E-state index contributed by atoms with van der Waals surface area (Å²) in [7, 11) is 3.62. The van der Waals surface area contributed by atoms with Gasteiger partial charge in [-0.25, -0.2) is 0 Å². The fraction of sp³-hybridized carbons (Fsp3) is 0.438. The third-order valence-electron chi connectivity index (χ3n) is 8.15. The number of carbonyl (C=O) groups excluding carboxylic acids is 2. The first-order valence-electron chi connectivity index (χ1n) is 13.4. The quantitative estimate of drug-likeness (QED) is 0.294. The Hall–Kier alpha value is -2.03. The van der Waals surface area contributed by atoms with E-state index in [4.69, 9.17) is 32.7 Å². The minimum absolute atomic E-state index is 0.110. The molecule has 0 radical (unpaired) electrons. The summed E-state index contributed by atoms with van der Waals surface area (Å²) in [5.74, 6) is 0.914. The van der Waals surface area contributed by atoms with Gasteiger partial charge in [0.25, 0.3) is 0 Å². The Bertz CT molecular complexity index is 1440. The summed E-state index contributed by atoms with van der Waals surface area (Å²) >= 11 is 14.7. The van der Waals surface area contributed by atoms with E-state index in [1.165, 1.54) is 0 Å². The number of methoxy groups -OCH3 is 1. The van der Waals surface area contributed by atoms with Gasteiger partial charge < -0.3 is 14.4 Å². The maximum atomic E-state index is 13.8. The van der Waals surface area contributed by atoms with Gasteiger partial charge in [-0.2, -0.15) is 0 Å². The van der Waals surface area contributed by atoms with Crippen LogP contribution in [0.4, 0.5) is 0 Å². The minimum Gasteiger partial charge on any atom is -0.493 e. The average molecular weight is 694 g/mol. The predicted molar refractivity (Wildman–Crippen MR) is 167 cm³/mol. The number of allylic oxidation sites excluding steroid dienone is 4.